The van der Waals surface area contributed by atoms with Crippen LogP contribution in [0.1, 0.15) is 27.9 Å². The first-order valence-corrected chi connectivity index (χ1v) is 10.9. The highest BCUT2D eigenvalue weighted by molar-refractivity contribution is 5.95. The maximum Gasteiger partial charge on any atom is 0.253 e. The van der Waals surface area contributed by atoms with E-state index in [2.05, 4.69) is 16.0 Å². The van der Waals surface area contributed by atoms with Crippen molar-refractivity contribution >= 4 is 11.7 Å². The Morgan fingerprint density at radius 3 is 2.67 bits per heavy atom. The van der Waals surface area contributed by atoms with Gasteiger partial charge in [-0.2, -0.15) is 5.26 Å². The number of hydrogen-bond donors (Lipinski definition) is 1. The molecular weight excluding hydrogens is 414 g/mol. The van der Waals surface area contributed by atoms with Gasteiger partial charge in [0.25, 0.3) is 5.91 Å². The van der Waals surface area contributed by atoms with Crippen molar-refractivity contribution in [2.75, 3.05) is 32.9 Å². The van der Waals surface area contributed by atoms with Gasteiger partial charge in [0, 0.05) is 42.0 Å². The van der Waals surface area contributed by atoms with Gasteiger partial charge in [-0.3, -0.25) is 4.79 Å². The Kier molecular flexibility index (Phi) is 6.57. The molecule has 2 N–H and O–H groups in total. The first-order valence-electron chi connectivity index (χ1n) is 10.9. The molecule has 0 unspecified atom stereocenters. The number of benzene rings is 2. The van der Waals surface area contributed by atoms with Crippen molar-refractivity contribution in [1.82, 2.24) is 14.8 Å². The molecule has 0 aliphatic carbocycles. The molecule has 33 heavy (non-hydrogen) atoms. The average molecular weight is 442 g/mol. The molecule has 0 saturated carbocycles. The summed E-state index contributed by atoms with van der Waals surface area (Å²) in [4.78, 5) is 21.2. The Morgan fingerprint density at radius 1 is 1.21 bits per heavy atom. The number of nitrogen functional groups attached to an aromatic ring is 1. The number of nitrogens with zero attached hydrogens (tertiary/aromatic N) is 4. The minimum atomic E-state index is 0.0570. The number of ether oxygens (including phenoxy) is 1. The zero-order valence-electron chi connectivity index (χ0n) is 18.9. The Balaban J connectivity index is 1.47. The number of nitrogens with two attached hydrogens (primary N) is 1. The maximum absolute atomic E-state index is 12.9. The molecule has 0 spiro atoms. The molecule has 4 rings (SSSR count). The van der Waals surface area contributed by atoms with Gasteiger partial charge in [-0.25, -0.2) is 4.98 Å². The van der Waals surface area contributed by atoms with E-state index >= 15 is 0 Å². The highest BCUT2D eigenvalue weighted by Crippen LogP contribution is 2.28. The van der Waals surface area contributed by atoms with E-state index in [9.17, 15) is 10.1 Å². The van der Waals surface area contributed by atoms with Crippen molar-refractivity contribution in [3.05, 3.63) is 77.5 Å². The number of likely N-dealkylation sites (tertiary alicyclic amines) is 1. The fourth-order valence-electron chi connectivity index (χ4n) is 3.97. The van der Waals surface area contributed by atoms with E-state index in [0.717, 1.165) is 36.2 Å². The van der Waals surface area contributed by atoms with Crippen LogP contribution in [0.2, 0.25) is 0 Å². The van der Waals surface area contributed by atoms with Crippen LogP contribution in [0.25, 0.3) is 11.1 Å². The summed E-state index contributed by atoms with van der Waals surface area (Å²) < 4.78 is 5.88. The highest BCUT2D eigenvalue weighted by atomic mass is 16.5. The number of likely N-dealkylation sites (N-methyl/N-ethyl adjacent to an activating group) is 1. The van der Waals surface area contributed by atoms with Crippen LogP contribution in [0.3, 0.4) is 0 Å². The summed E-state index contributed by atoms with van der Waals surface area (Å²) in [7, 11) is 4.10. The first-order chi connectivity index (χ1) is 16.0. The number of amides is 1. The van der Waals surface area contributed by atoms with Crippen LogP contribution >= 0.6 is 0 Å². The van der Waals surface area contributed by atoms with Gasteiger partial charge in [-0.1, -0.05) is 30.3 Å². The lowest BCUT2D eigenvalue weighted by Crippen LogP contribution is -2.34. The number of aromatic nitrogens is 1. The number of rotatable bonds is 6. The second-order valence-electron chi connectivity index (χ2n) is 8.40. The fraction of sp³-hybridized carbons (Fsp3) is 0.269. The standard InChI is InChI=1S/C26H27N5O2/c1-30(2)23-11-12-31(16-23)26(32)19-9-7-18(8-10-19)22-13-24(25(28)29-15-22)33-17-21-6-4-3-5-20(21)14-27/h3-10,13,15,23H,11-12,16-17H2,1-2H3,(H2,28,29)/t23-/m0/s1. The Morgan fingerprint density at radius 2 is 1.97 bits per heavy atom. The molecule has 3 aromatic rings. The predicted octanol–water partition coefficient (Wildman–Crippen LogP) is 3.56. The Hall–Kier alpha value is -3.89. The van der Waals surface area contributed by atoms with Crippen molar-refractivity contribution in [1.29, 1.82) is 5.26 Å². The van der Waals surface area contributed by atoms with E-state index in [1.54, 1.807) is 12.3 Å². The number of carbonyl (C=O) groups excluding carboxylic acids is 1. The molecule has 1 aliphatic rings. The molecule has 1 aliphatic heterocycles. The topological polar surface area (TPSA) is 95.5 Å². The molecule has 1 saturated heterocycles. The summed E-state index contributed by atoms with van der Waals surface area (Å²) in [6.45, 7) is 1.75. The third-order valence-corrected chi connectivity index (χ3v) is 6.05. The molecule has 7 heteroatoms. The van der Waals surface area contributed by atoms with Gasteiger partial charge >= 0.3 is 0 Å². The average Bonchev–Trinajstić information content (AvgIpc) is 3.34. The van der Waals surface area contributed by atoms with E-state index in [4.69, 9.17) is 10.5 Å². The summed E-state index contributed by atoms with van der Waals surface area (Å²) >= 11 is 0. The summed E-state index contributed by atoms with van der Waals surface area (Å²) in [5, 5.41) is 9.26. The van der Waals surface area contributed by atoms with Crippen LogP contribution in [0.4, 0.5) is 5.82 Å². The van der Waals surface area contributed by atoms with Crippen molar-refractivity contribution < 1.29 is 9.53 Å². The zero-order chi connectivity index (χ0) is 23.4. The van der Waals surface area contributed by atoms with Gasteiger partial charge < -0.3 is 20.3 Å². The molecule has 0 bridgehead atoms. The zero-order valence-corrected chi connectivity index (χ0v) is 18.9. The van der Waals surface area contributed by atoms with Gasteiger partial charge in [0.15, 0.2) is 11.6 Å². The molecule has 0 radical (unpaired) electrons. The van der Waals surface area contributed by atoms with Crippen LogP contribution in [0.15, 0.2) is 60.8 Å². The normalized spacial score (nSPS) is 15.5. The minimum absolute atomic E-state index is 0.0570. The number of hydrogen-bond acceptors (Lipinski definition) is 6. The number of pyridine rings is 1. The monoisotopic (exact) mass is 441 g/mol. The Bertz CT molecular complexity index is 1180. The Labute approximate surface area is 194 Å². The molecule has 1 amide bonds. The summed E-state index contributed by atoms with van der Waals surface area (Å²) in [6.07, 6.45) is 2.68. The van der Waals surface area contributed by atoms with Crippen LogP contribution < -0.4 is 10.5 Å². The first kappa shape index (κ1) is 22.3. The van der Waals surface area contributed by atoms with E-state index in [-0.39, 0.29) is 18.3 Å². The SMILES string of the molecule is CN(C)[C@H]1CCN(C(=O)c2ccc(-c3cnc(N)c(OCc4ccccc4C#N)c3)cc2)C1. The van der Waals surface area contributed by atoms with Crippen LogP contribution in [-0.2, 0) is 6.61 Å². The number of carbonyl (C=O) groups is 1. The summed E-state index contributed by atoms with van der Waals surface area (Å²) in [5.41, 5.74) is 9.78. The van der Waals surface area contributed by atoms with Crippen molar-refractivity contribution in [3.63, 3.8) is 0 Å². The number of anilines is 1. The van der Waals surface area contributed by atoms with Crippen molar-refractivity contribution in [3.8, 4) is 22.9 Å². The fourth-order valence-corrected chi connectivity index (χ4v) is 3.97. The van der Waals surface area contributed by atoms with Gasteiger partial charge in [-0.15, -0.1) is 0 Å². The molecule has 1 aromatic heterocycles. The molecule has 168 valence electrons. The molecule has 2 aromatic carbocycles. The van der Waals surface area contributed by atoms with Gasteiger partial charge in [-0.05, 0) is 50.3 Å². The second kappa shape index (κ2) is 9.72. The van der Waals surface area contributed by atoms with E-state index in [0.29, 0.717) is 22.9 Å². The second-order valence-corrected chi connectivity index (χ2v) is 8.40. The van der Waals surface area contributed by atoms with Crippen LogP contribution in [0.5, 0.6) is 5.75 Å². The number of nitriles is 1. The highest BCUT2D eigenvalue weighted by Gasteiger charge is 2.28. The van der Waals surface area contributed by atoms with Crippen LogP contribution in [0, 0.1) is 11.3 Å². The molecule has 7 nitrogen and oxygen atoms in total. The largest absolute Gasteiger partial charge is 0.485 e. The van der Waals surface area contributed by atoms with Crippen molar-refractivity contribution in [2.24, 2.45) is 0 Å². The summed E-state index contributed by atoms with van der Waals surface area (Å²) in [5.74, 6) is 0.790. The lowest BCUT2D eigenvalue weighted by molar-refractivity contribution is 0.0783. The van der Waals surface area contributed by atoms with Gasteiger partial charge in [0.1, 0.15) is 6.61 Å². The molecule has 2 heterocycles. The third-order valence-electron chi connectivity index (χ3n) is 6.05. The minimum Gasteiger partial charge on any atom is -0.485 e. The molecular formula is C26H27N5O2. The van der Waals surface area contributed by atoms with E-state index in [1.165, 1.54) is 0 Å². The smallest absolute Gasteiger partial charge is 0.253 e. The van der Waals surface area contributed by atoms with E-state index < -0.39 is 0 Å². The lowest BCUT2D eigenvalue weighted by Gasteiger charge is -2.20. The van der Waals surface area contributed by atoms with E-state index in [1.807, 2.05) is 67.5 Å². The third kappa shape index (κ3) is 4.97. The van der Waals surface area contributed by atoms with Crippen LogP contribution in [-0.4, -0.2) is 53.9 Å². The summed E-state index contributed by atoms with van der Waals surface area (Å²) in [6, 6.07) is 19.2. The molecule has 1 fully saturated rings. The molecule has 1 atom stereocenters. The van der Waals surface area contributed by atoms with Gasteiger partial charge in [0.05, 0.1) is 11.6 Å². The van der Waals surface area contributed by atoms with Gasteiger partial charge in [0.2, 0.25) is 0 Å². The van der Waals surface area contributed by atoms with Crippen molar-refractivity contribution in [2.45, 2.75) is 19.1 Å². The quantitative estimate of drug-likeness (QED) is 0.628. The predicted molar refractivity (Wildman–Crippen MR) is 128 cm³/mol. The maximum atomic E-state index is 12.9. The lowest BCUT2D eigenvalue weighted by atomic mass is 10.0.